The van der Waals surface area contributed by atoms with Gasteiger partial charge in [0, 0.05) is 33.2 Å². The molecule has 0 N–H and O–H groups in total. The van der Waals surface area contributed by atoms with E-state index in [4.69, 9.17) is 0 Å². The predicted molar refractivity (Wildman–Crippen MR) is 252 cm³/mol. The highest BCUT2D eigenvalue weighted by molar-refractivity contribution is 5.94. The van der Waals surface area contributed by atoms with Crippen LogP contribution in [-0.4, -0.2) is 0 Å². The van der Waals surface area contributed by atoms with Crippen LogP contribution in [-0.2, 0) is 16.2 Å². The summed E-state index contributed by atoms with van der Waals surface area (Å²) in [6.45, 7) is 9.53. The number of rotatable bonds is 5. The summed E-state index contributed by atoms with van der Waals surface area (Å²) in [7, 11) is 0. The molecule has 0 amide bonds. The van der Waals surface area contributed by atoms with E-state index in [1.54, 1.807) is 0 Å². The van der Waals surface area contributed by atoms with Gasteiger partial charge in [-0.1, -0.05) is 180 Å². The highest BCUT2D eigenvalue weighted by Crippen LogP contribution is 2.59. The zero-order valence-corrected chi connectivity index (χ0v) is 35.0. The normalized spacial score (nSPS) is 16.5. The summed E-state index contributed by atoms with van der Waals surface area (Å²) in [5.41, 5.74) is 25.4. The summed E-state index contributed by atoms with van der Waals surface area (Å²) in [5.74, 6) is 0. The predicted octanol–water partition coefficient (Wildman–Crippen LogP) is 15.9. The fraction of sp³-hybridized carbons (Fsp3) is 0.186. The van der Waals surface area contributed by atoms with Gasteiger partial charge in [-0.05, 0) is 133 Å². The monoisotopic (exact) mass is 771 g/mol. The lowest BCUT2D eigenvalue weighted by atomic mass is 9.76. The Morgan fingerprint density at radius 3 is 1.58 bits per heavy atom. The molecule has 1 nitrogen and oxygen atoms in total. The number of hydrogen-bond donors (Lipinski definition) is 0. The summed E-state index contributed by atoms with van der Waals surface area (Å²) >= 11 is 0. The van der Waals surface area contributed by atoms with Crippen molar-refractivity contribution in [1.29, 1.82) is 0 Å². The second kappa shape index (κ2) is 12.8. The van der Waals surface area contributed by atoms with Crippen molar-refractivity contribution >= 4 is 17.1 Å². The van der Waals surface area contributed by atoms with E-state index >= 15 is 0 Å². The van der Waals surface area contributed by atoms with Crippen LogP contribution < -0.4 is 4.90 Å². The summed E-state index contributed by atoms with van der Waals surface area (Å²) < 4.78 is 0. The number of anilines is 3. The number of para-hydroxylation sites is 1. The molecule has 0 saturated heterocycles. The van der Waals surface area contributed by atoms with E-state index in [1.807, 2.05) is 0 Å². The first-order valence-corrected chi connectivity index (χ1v) is 22.0. The lowest BCUT2D eigenvalue weighted by molar-refractivity contribution is 0.550. The summed E-state index contributed by atoms with van der Waals surface area (Å²) in [4.78, 5) is 2.54. The van der Waals surface area contributed by atoms with Crippen LogP contribution in [0, 0.1) is 0 Å². The first-order valence-electron chi connectivity index (χ1n) is 22.0. The molecule has 0 atom stereocenters. The number of nitrogens with zero attached hydrogens (tertiary/aromatic N) is 1. The van der Waals surface area contributed by atoms with Gasteiger partial charge in [0.05, 0.1) is 5.69 Å². The van der Waals surface area contributed by atoms with E-state index in [-0.39, 0.29) is 16.2 Å². The molecule has 1 heteroatoms. The van der Waals surface area contributed by atoms with E-state index in [0.29, 0.717) is 0 Å². The SMILES string of the molecule is CC1(C)c2ccccc2-c2ccc(-c3ccccc3N(c3ccc(-c4cccc5c4C(C)(C)c4ccccc4-5)cc3)c3ccc4c(c3)C3(CCCC3)c3ccccc3-4)cc21. The Bertz CT molecular complexity index is 3040. The van der Waals surface area contributed by atoms with Crippen LogP contribution in [0.25, 0.3) is 55.6 Å². The van der Waals surface area contributed by atoms with Gasteiger partial charge in [-0.15, -0.1) is 0 Å². The van der Waals surface area contributed by atoms with Crippen LogP contribution in [0.5, 0.6) is 0 Å². The van der Waals surface area contributed by atoms with E-state index in [1.165, 1.54) is 126 Å². The number of benzene rings is 8. The molecule has 8 aromatic carbocycles. The smallest absolute Gasteiger partial charge is 0.0540 e. The summed E-state index contributed by atoms with van der Waals surface area (Å²) in [6.07, 6.45) is 4.96. The molecule has 12 rings (SSSR count). The molecule has 1 saturated carbocycles. The lowest BCUT2D eigenvalue weighted by Crippen LogP contribution is -2.21. The molecule has 0 unspecified atom stereocenters. The first kappa shape index (κ1) is 35.5. The zero-order chi connectivity index (χ0) is 40.4. The van der Waals surface area contributed by atoms with Crippen LogP contribution in [0.3, 0.4) is 0 Å². The van der Waals surface area contributed by atoms with Crippen molar-refractivity contribution in [2.24, 2.45) is 0 Å². The Kier molecular flexibility index (Phi) is 7.56. The first-order chi connectivity index (χ1) is 29.3. The van der Waals surface area contributed by atoms with Crippen molar-refractivity contribution in [3.63, 3.8) is 0 Å². The average Bonchev–Trinajstić information content (AvgIpc) is 4.01. The second-order valence-electron chi connectivity index (χ2n) is 18.8. The van der Waals surface area contributed by atoms with Gasteiger partial charge in [0.2, 0.25) is 0 Å². The van der Waals surface area contributed by atoms with Crippen molar-refractivity contribution in [3.05, 3.63) is 209 Å². The largest absolute Gasteiger partial charge is 0.310 e. The third kappa shape index (κ3) is 4.87. The van der Waals surface area contributed by atoms with Crippen LogP contribution in [0.15, 0.2) is 176 Å². The molecule has 60 heavy (non-hydrogen) atoms. The quantitative estimate of drug-likeness (QED) is 0.168. The highest BCUT2D eigenvalue weighted by atomic mass is 15.1. The minimum absolute atomic E-state index is 0.0788. The molecule has 0 heterocycles. The molecule has 0 radical (unpaired) electrons. The maximum Gasteiger partial charge on any atom is 0.0540 e. The third-order valence-corrected chi connectivity index (χ3v) is 15.0. The van der Waals surface area contributed by atoms with Crippen molar-refractivity contribution in [2.45, 2.75) is 69.6 Å². The standard InChI is InChI=1S/C59H49N/c1-57(2)50-22-9-5-17-44(50)47-32-28-39(36-53(47)57)42-16-8-12-25-55(42)60(41-31-33-48-45-18-7-11-24-52(45)59(54(48)37-41)34-13-14-35-59)40-29-26-38(27-30-40)43-20-15-21-49-46-19-6-10-23-51(46)58(3,4)56(43)49/h5-12,15-33,36-37H,13-14,34-35H2,1-4H3. The topological polar surface area (TPSA) is 3.24 Å². The molecular weight excluding hydrogens is 723 g/mol. The second-order valence-corrected chi connectivity index (χ2v) is 18.8. The Labute approximate surface area is 355 Å². The molecule has 1 spiro atoms. The van der Waals surface area contributed by atoms with E-state index < -0.39 is 0 Å². The Morgan fingerprint density at radius 1 is 0.350 bits per heavy atom. The Hall–Kier alpha value is -6.44. The molecule has 8 aromatic rings. The molecule has 4 aliphatic carbocycles. The van der Waals surface area contributed by atoms with Gasteiger partial charge >= 0.3 is 0 Å². The minimum Gasteiger partial charge on any atom is -0.310 e. The molecule has 1 fully saturated rings. The van der Waals surface area contributed by atoms with Crippen LogP contribution in [0.4, 0.5) is 17.1 Å². The zero-order valence-electron chi connectivity index (χ0n) is 35.0. The maximum atomic E-state index is 2.55. The van der Waals surface area contributed by atoms with Gasteiger partial charge in [-0.3, -0.25) is 0 Å². The molecular formula is C59H49N. The molecule has 0 aromatic heterocycles. The molecule has 0 aliphatic heterocycles. The van der Waals surface area contributed by atoms with Crippen LogP contribution >= 0.6 is 0 Å². The van der Waals surface area contributed by atoms with E-state index in [2.05, 4.69) is 209 Å². The molecule has 0 bridgehead atoms. The van der Waals surface area contributed by atoms with Gasteiger partial charge in [-0.25, -0.2) is 0 Å². The van der Waals surface area contributed by atoms with Crippen molar-refractivity contribution in [3.8, 4) is 55.6 Å². The van der Waals surface area contributed by atoms with Crippen molar-refractivity contribution < 1.29 is 0 Å². The summed E-state index contributed by atoms with van der Waals surface area (Å²) in [6, 6.07) is 67.0. The number of fused-ring (bicyclic) bond motifs is 11. The Morgan fingerprint density at radius 2 is 0.850 bits per heavy atom. The van der Waals surface area contributed by atoms with Gasteiger partial charge in [-0.2, -0.15) is 0 Å². The van der Waals surface area contributed by atoms with E-state index in [9.17, 15) is 0 Å². The fourth-order valence-electron chi connectivity index (χ4n) is 12.2. The van der Waals surface area contributed by atoms with E-state index in [0.717, 1.165) is 5.69 Å². The van der Waals surface area contributed by atoms with Crippen molar-refractivity contribution in [1.82, 2.24) is 0 Å². The Balaban J connectivity index is 1.03. The molecule has 290 valence electrons. The van der Waals surface area contributed by atoms with Gasteiger partial charge in [0.1, 0.15) is 0 Å². The third-order valence-electron chi connectivity index (χ3n) is 15.0. The maximum absolute atomic E-state index is 2.55. The van der Waals surface area contributed by atoms with Crippen LogP contribution in [0.2, 0.25) is 0 Å². The number of hydrogen-bond acceptors (Lipinski definition) is 1. The fourth-order valence-corrected chi connectivity index (χ4v) is 12.2. The van der Waals surface area contributed by atoms with Gasteiger partial charge in [0.15, 0.2) is 0 Å². The highest BCUT2D eigenvalue weighted by Gasteiger charge is 2.45. The van der Waals surface area contributed by atoms with Crippen molar-refractivity contribution in [2.75, 3.05) is 4.90 Å². The lowest BCUT2D eigenvalue weighted by Gasteiger charge is -2.31. The van der Waals surface area contributed by atoms with Gasteiger partial charge in [0.25, 0.3) is 0 Å². The summed E-state index contributed by atoms with van der Waals surface area (Å²) in [5, 5.41) is 0. The van der Waals surface area contributed by atoms with Gasteiger partial charge < -0.3 is 4.90 Å². The molecule has 4 aliphatic rings. The average molecular weight is 772 g/mol. The van der Waals surface area contributed by atoms with Crippen LogP contribution in [0.1, 0.15) is 86.8 Å². The minimum atomic E-state index is -0.0872.